The van der Waals surface area contributed by atoms with Crippen LogP contribution in [0.5, 0.6) is 0 Å². The lowest BCUT2D eigenvalue weighted by atomic mass is 10.0. The highest BCUT2D eigenvalue weighted by molar-refractivity contribution is 5.91. The van der Waals surface area contributed by atoms with Crippen LogP contribution in [0.4, 0.5) is 0 Å². The van der Waals surface area contributed by atoms with Crippen LogP contribution in [0.1, 0.15) is 22.6 Å². The molecule has 0 spiro atoms. The molecular weight excluding hydrogens is 404 g/mol. The number of carbonyl (C=O) groups excluding carboxylic acids is 1. The Morgan fingerprint density at radius 3 is 2.09 bits per heavy atom. The van der Waals surface area contributed by atoms with Crippen LogP contribution in [-0.2, 0) is 11.2 Å². The molecule has 0 aliphatic heterocycles. The molecule has 0 aliphatic rings. The molecule has 7 nitrogen and oxygen atoms in total. The summed E-state index contributed by atoms with van der Waals surface area (Å²) in [4.78, 5) is 28.9. The van der Waals surface area contributed by atoms with Crippen LogP contribution >= 0.6 is 0 Å². The summed E-state index contributed by atoms with van der Waals surface area (Å²) in [5, 5.41) is 16.5. The third kappa shape index (κ3) is 5.07. The van der Waals surface area contributed by atoms with Crippen molar-refractivity contribution >= 4 is 11.9 Å². The number of carbonyl (C=O) groups is 2. The van der Waals surface area contributed by atoms with E-state index in [1.54, 1.807) is 4.68 Å². The lowest BCUT2D eigenvalue weighted by Crippen LogP contribution is -2.38. The predicted molar refractivity (Wildman–Crippen MR) is 120 cm³/mol. The van der Waals surface area contributed by atoms with E-state index < -0.39 is 17.9 Å². The van der Waals surface area contributed by atoms with Crippen LogP contribution in [-0.4, -0.2) is 37.8 Å². The van der Waals surface area contributed by atoms with E-state index in [4.69, 9.17) is 0 Å². The first kappa shape index (κ1) is 21.0. The Morgan fingerprint density at radius 1 is 0.875 bits per heavy atom. The fourth-order valence-electron chi connectivity index (χ4n) is 3.47. The highest BCUT2D eigenvalue weighted by atomic mass is 16.4. The molecule has 0 radical (unpaired) electrons. The monoisotopic (exact) mass is 426 g/mol. The number of hydrogen-bond acceptors (Lipinski definition) is 4. The molecule has 7 heteroatoms. The quantitative estimate of drug-likeness (QED) is 0.447. The van der Waals surface area contributed by atoms with E-state index in [0.717, 1.165) is 16.8 Å². The lowest BCUT2D eigenvalue weighted by Gasteiger charge is -2.16. The van der Waals surface area contributed by atoms with Gasteiger partial charge in [-0.1, -0.05) is 78.9 Å². The number of nitrogens with one attached hydrogen (secondary N) is 1. The zero-order valence-corrected chi connectivity index (χ0v) is 17.3. The molecule has 0 saturated heterocycles. The average Bonchev–Trinajstić information content (AvgIpc) is 3.26. The van der Waals surface area contributed by atoms with Gasteiger partial charge in [0, 0.05) is 11.6 Å². The van der Waals surface area contributed by atoms with Gasteiger partial charge >= 0.3 is 5.97 Å². The summed E-state index contributed by atoms with van der Waals surface area (Å²) in [6.45, 7) is 0. The molecule has 4 rings (SSSR count). The maximum atomic E-state index is 13.0. The molecule has 1 unspecified atom stereocenters. The van der Waals surface area contributed by atoms with Crippen molar-refractivity contribution in [3.8, 4) is 17.1 Å². The Morgan fingerprint density at radius 2 is 1.47 bits per heavy atom. The van der Waals surface area contributed by atoms with Crippen LogP contribution in [0, 0.1) is 0 Å². The zero-order valence-electron chi connectivity index (χ0n) is 17.3. The van der Waals surface area contributed by atoms with E-state index in [2.05, 4.69) is 15.4 Å². The fourth-order valence-corrected chi connectivity index (χ4v) is 3.47. The first-order chi connectivity index (χ1) is 15.6. The van der Waals surface area contributed by atoms with Gasteiger partial charge in [-0.3, -0.25) is 9.59 Å². The normalized spacial score (nSPS) is 11.6. The van der Waals surface area contributed by atoms with Gasteiger partial charge in [-0.25, -0.2) is 9.67 Å². The second-order valence-corrected chi connectivity index (χ2v) is 7.33. The smallest absolute Gasteiger partial charge is 0.305 e. The van der Waals surface area contributed by atoms with E-state index in [9.17, 15) is 14.7 Å². The Balaban J connectivity index is 1.64. The van der Waals surface area contributed by atoms with Gasteiger partial charge in [-0.05, 0) is 24.1 Å². The van der Waals surface area contributed by atoms with Gasteiger partial charge in [0.05, 0.1) is 12.1 Å². The summed E-state index contributed by atoms with van der Waals surface area (Å²) in [5.41, 5.74) is 2.52. The minimum atomic E-state index is -0.987. The summed E-state index contributed by atoms with van der Waals surface area (Å²) < 4.78 is 1.62. The molecule has 1 amide bonds. The van der Waals surface area contributed by atoms with E-state index in [1.807, 2.05) is 91.0 Å². The van der Waals surface area contributed by atoms with Gasteiger partial charge in [-0.15, -0.1) is 5.10 Å². The number of aromatic nitrogens is 3. The summed E-state index contributed by atoms with van der Waals surface area (Å²) in [5.74, 6) is -0.992. The van der Waals surface area contributed by atoms with Gasteiger partial charge in [0.1, 0.15) is 0 Å². The number of hydrogen-bond donors (Lipinski definition) is 2. The highest BCUT2D eigenvalue weighted by Gasteiger charge is 2.23. The molecule has 32 heavy (non-hydrogen) atoms. The average molecular weight is 426 g/mol. The summed E-state index contributed by atoms with van der Waals surface area (Å²) in [6.07, 6.45) is 0.190. The van der Waals surface area contributed by atoms with Crippen LogP contribution in [0.2, 0.25) is 0 Å². The first-order valence-corrected chi connectivity index (χ1v) is 10.2. The van der Waals surface area contributed by atoms with Gasteiger partial charge < -0.3 is 10.4 Å². The van der Waals surface area contributed by atoms with Crippen LogP contribution in [0.15, 0.2) is 91.0 Å². The number of aliphatic carboxylic acids is 1. The first-order valence-electron chi connectivity index (χ1n) is 10.2. The Hall–Kier alpha value is -4.26. The van der Waals surface area contributed by atoms with Crippen molar-refractivity contribution in [2.24, 2.45) is 0 Å². The molecule has 0 fully saturated rings. The molecule has 1 aromatic heterocycles. The van der Waals surface area contributed by atoms with Crippen molar-refractivity contribution in [1.82, 2.24) is 20.1 Å². The van der Waals surface area contributed by atoms with Gasteiger partial charge in [0.25, 0.3) is 5.91 Å². The third-order valence-corrected chi connectivity index (χ3v) is 4.92. The van der Waals surface area contributed by atoms with Crippen LogP contribution in [0.3, 0.4) is 0 Å². The molecule has 1 atom stereocenters. The largest absolute Gasteiger partial charge is 0.481 e. The standard InChI is InChI=1S/C25H22N4O3/c30-22(31)17-20(16-18-10-4-1-5-11-18)26-25(32)23-27-24(19-12-6-2-7-13-19)29(28-23)21-14-8-3-9-15-21/h1-15,20H,16-17H2,(H,26,32)(H,30,31). The van der Waals surface area contributed by atoms with Crippen molar-refractivity contribution in [3.05, 3.63) is 102 Å². The van der Waals surface area contributed by atoms with Crippen LogP contribution in [0.25, 0.3) is 17.1 Å². The molecule has 0 aliphatic carbocycles. The minimum absolute atomic E-state index is 0.0174. The number of carboxylic acids is 1. The van der Waals surface area contributed by atoms with Crippen molar-refractivity contribution in [3.63, 3.8) is 0 Å². The van der Waals surface area contributed by atoms with E-state index in [1.165, 1.54) is 0 Å². The number of amides is 1. The molecule has 1 heterocycles. The van der Waals surface area contributed by atoms with Crippen molar-refractivity contribution < 1.29 is 14.7 Å². The Labute approximate surface area is 185 Å². The van der Waals surface area contributed by atoms with Crippen molar-refractivity contribution in [2.75, 3.05) is 0 Å². The SMILES string of the molecule is O=C(O)CC(Cc1ccccc1)NC(=O)c1nc(-c2ccccc2)n(-c2ccccc2)n1. The predicted octanol–water partition coefficient (Wildman–Crippen LogP) is 3.75. The van der Waals surface area contributed by atoms with E-state index in [-0.39, 0.29) is 12.2 Å². The molecule has 0 saturated carbocycles. The second-order valence-electron chi connectivity index (χ2n) is 7.33. The zero-order chi connectivity index (χ0) is 22.3. The van der Waals surface area contributed by atoms with Gasteiger partial charge in [0.2, 0.25) is 5.82 Å². The minimum Gasteiger partial charge on any atom is -0.481 e. The summed E-state index contributed by atoms with van der Waals surface area (Å²) in [6, 6.07) is 27.8. The number of carboxylic acid groups (broad SMARTS) is 1. The number of para-hydroxylation sites is 1. The maximum absolute atomic E-state index is 13.0. The van der Waals surface area contributed by atoms with E-state index >= 15 is 0 Å². The lowest BCUT2D eigenvalue weighted by molar-refractivity contribution is -0.137. The van der Waals surface area contributed by atoms with Crippen molar-refractivity contribution in [1.29, 1.82) is 0 Å². The molecule has 2 N–H and O–H groups in total. The van der Waals surface area contributed by atoms with Crippen LogP contribution < -0.4 is 5.32 Å². The highest BCUT2D eigenvalue weighted by Crippen LogP contribution is 2.21. The number of benzene rings is 3. The molecule has 3 aromatic carbocycles. The molecule has 4 aromatic rings. The second kappa shape index (κ2) is 9.70. The molecular formula is C25H22N4O3. The maximum Gasteiger partial charge on any atom is 0.305 e. The third-order valence-electron chi connectivity index (χ3n) is 4.92. The number of nitrogens with zero attached hydrogens (tertiary/aromatic N) is 3. The Bertz CT molecular complexity index is 1130. The molecule has 160 valence electrons. The number of rotatable bonds is 8. The van der Waals surface area contributed by atoms with E-state index in [0.29, 0.717) is 12.2 Å². The molecule has 0 bridgehead atoms. The summed E-state index contributed by atoms with van der Waals surface area (Å²) >= 11 is 0. The van der Waals surface area contributed by atoms with Gasteiger partial charge in [0.15, 0.2) is 5.82 Å². The summed E-state index contributed by atoms with van der Waals surface area (Å²) in [7, 11) is 0. The Kier molecular flexibility index (Phi) is 6.36. The topological polar surface area (TPSA) is 97.1 Å². The van der Waals surface area contributed by atoms with Crippen molar-refractivity contribution in [2.45, 2.75) is 18.9 Å². The van der Waals surface area contributed by atoms with Gasteiger partial charge in [-0.2, -0.15) is 0 Å². The fraction of sp³-hybridized carbons (Fsp3) is 0.120.